The van der Waals surface area contributed by atoms with Crippen molar-refractivity contribution in [1.82, 2.24) is 15.5 Å². The van der Waals surface area contributed by atoms with Crippen LogP contribution in [0.2, 0.25) is 0 Å². The minimum Gasteiger partial charge on any atom is -0.357 e. The first-order valence-electron chi connectivity index (χ1n) is 6.34. The maximum Gasteiger partial charge on any atom is 0.233 e. The number of carbonyl (C=O) groups is 1. The molecule has 1 atom stereocenters. The van der Waals surface area contributed by atoms with Crippen LogP contribution in [0.25, 0.3) is 0 Å². The molecule has 0 saturated heterocycles. The van der Waals surface area contributed by atoms with Crippen LogP contribution >= 0.6 is 34.4 Å². The van der Waals surface area contributed by atoms with Gasteiger partial charge in [0.2, 0.25) is 11.0 Å². The van der Waals surface area contributed by atoms with E-state index in [0.29, 0.717) is 13.1 Å². The molecule has 1 unspecified atom stereocenters. The Hall–Kier alpha value is -1.38. The van der Waals surface area contributed by atoms with Gasteiger partial charge in [0.25, 0.3) is 0 Å². The Labute approximate surface area is 135 Å². The third kappa shape index (κ3) is 5.14. The average molecular weight is 340 g/mol. The summed E-state index contributed by atoms with van der Waals surface area (Å²) < 4.78 is 0.778. The number of thiophene rings is 1. The van der Waals surface area contributed by atoms with Gasteiger partial charge >= 0.3 is 0 Å². The maximum absolute atomic E-state index is 12.0. The summed E-state index contributed by atoms with van der Waals surface area (Å²) in [6.07, 6.45) is 1.76. The van der Waals surface area contributed by atoms with Gasteiger partial charge < -0.3 is 10.6 Å². The van der Waals surface area contributed by atoms with Crippen molar-refractivity contribution in [3.05, 3.63) is 35.0 Å². The predicted octanol–water partition coefficient (Wildman–Crippen LogP) is 2.99. The first-order valence-corrected chi connectivity index (χ1v) is 8.91. The lowest BCUT2D eigenvalue weighted by atomic mass is 10.4. The van der Waals surface area contributed by atoms with Gasteiger partial charge in [-0.25, -0.2) is 0 Å². The number of rotatable bonds is 8. The number of hydrogen-bond donors (Lipinski definition) is 2. The summed E-state index contributed by atoms with van der Waals surface area (Å²) >= 11 is 4.49. The highest BCUT2D eigenvalue weighted by atomic mass is 32.2. The standard InChI is InChI=1S/C13H16N4OS3/c1-3-6-14-12-16-17-13(21-12)20-9(2)11(18)15-8-10-5-4-7-19-10/h3-5,7,9H,1,6,8H2,2H3,(H,14,16)(H,15,18). The van der Waals surface area contributed by atoms with Gasteiger partial charge in [-0.3, -0.25) is 4.79 Å². The second-order valence-electron chi connectivity index (χ2n) is 4.10. The molecule has 1 amide bonds. The number of amides is 1. The topological polar surface area (TPSA) is 66.9 Å². The van der Waals surface area contributed by atoms with Crippen LogP contribution in [-0.4, -0.2) is 27.9 Å². The van der Waals surface area contributed by atoms with Crippen molar-refractivity contribution in [3.8, 4) is 0 Å². The van der Waals surface area contributed by atoms with Gasteiger partial charge in [0.1, 0.15) is 0 Å². The van der Waals surface area contributed by atoms with E-state index in [1.54, 1.807) is 17.4 Å². The van der Waals surface area contributed by atoms with Crippen LogP contribution in [0.4, 0.5) is 5.13 Å². The number of carbonyl (C=O) groups excluding carboxylic acids is 1. The Morgan fingerprint density at radius 3 is 3.14 bits per heavy atom. The Bertz CT molecular complexity index is 582. The maximum atomic E-state index is 12.0. The van der Waals surface area contributed by atoms with E-state index in [1.165, 1.54) is 23.1 Å². The molecule has 0 spiro atoms. The van der Waals surface area contributed by atoms with Crippen LogP contribution in [0, 0.1) is 0 Å². The van der Waals surface area contributed by atoms with Crippen LogP contribution in [0.3, 0.4) is 0 Å². The number of thioether (sulfide) groups is 1. The summed E-state index contributed by atoms with van der Waals surface area (Å²) in [4.78, 5) is 13.2. The number of aromatic nitrogens is 2. The van der Waals surface area contributed by atoms with Crippen molar-refractivity contribution in [3.63, 3.8) is 0 Å². The summed E-state index contributed by atoms with van der Waals surface area (Å²) in [5.41, 5.74) is 0. The fraction of sp³-hybridized carbons (Fsp3) is 0.308. The molecule has 2 aromatic heterocycles. The van der Waals surface area contributed by atoms with Crippen molar-refractivity contribution in [2.45, 2.75) is 23.1 Å². The van der Waals surface area contributed by atoms with Crippen molar-refractivity contribution >= 4 is 45.5 Å². The van der Waals surface area contributed by atoms with Gasteiger partial charge in [-0.1, -0.05) is 35.2 Å². The van der Waals surface area contributed by atoms with E-state index in [-0.39, 0.29) is 11.2 Å². The molecule has 2 N–H and O–H groups in total. The molecule has 8 heteroatoms. The Balaban J connectivity index is 1.79. The Morgan fingerprint density at radius 2 is 2.43 bits per heavy atom. The van der Waals surface area contributed by atoms with E-state index in [4.69, 9.17) is 0 Å². The molecule has 2 aromatic rings. The van der Waals surface area contributed by atoms with Crippen molar-refractivity contribution in [2.75, 3.05) is 11.9 Å². The second kappa shape index (κ2) is 8.16. The zero-order chi connectivity index (χ0) is 15.1. The van der Waals surface area contributed by atoms with Crippen LogP contribution < -0.4 is 10.6 Å². The lowest BCUT2D eigenvalue weighted by Gasteiger charge is -2.09. The molecular formula is C13H16N4OS3. The molecule has 0 bridgehead atoms. The van der Waals surface area contributed by atoms with Gasteiger partial charge in [-0.15, -0.1) is 28.1 Å². The minimum absolute atomic E-state index is 0.00389. The van der Waals surface area contributed by atoms with E-state index in [9.17, 15) is 4.79 Å². The molecule has 112 valence electrons. The Kier molecular flexibility index (Phi) is 6.21. The lowest BCUT2D eigenvalue weighted by molar-refractivity contribution is -0.120. The number of hydrogen-bond acceptors (Lipinski definition) is 7. The summed E-state index contributed by atoms with van der Waals surface area (Å²) in [5, 5.41) is 16.6. The number of nitrogens with zero attached hydrogens (tertiary/aromatic N) is 2. The summed E-state index contributed by atoms with van der Waals surface area (Å²) in [5.74, 6) is 0.00389. The van der Waals surface area contributed by atoms with Crippen LogP contribution in [0.5, 0.6) is 0 Å². The molecule has 0 saturated carbocycles. The molecule has 0 fully saturated rings. The van der Waals surface area contributed by atoms with Crippen LogP contribution in [0.1, 0.15) is 11.8 Å². The highest BCUT2D eigenvalue weighted by Crippen LogP contribution is 2.28. The molecule has 0 aliphatic heterocycles. The molecule has 5 nitrogen and oxygen atoms in total. The zero-order valence-electron chi connectivity index (χ0n) is 11.5. The quantitative estimate of drug-likeness (QED) is 0.571. The predicted molar refractivity (Wildman–Crippen MR) is 90.1 cm³/mol. The largest absolute Gasteiger partial charge is 0.357 e. The number of anilines is 1. The summed E-state index contributed by atoms with van der Waals surface area (Å²) in [7, 11) is 0. The van der Waals surface area contributed by atoms with Gasteiger partial charge in [0, 0.05) is 11.4 Å². The molecule has 21 heavy (non-hydrogen) atoms. The van der Waals surface area contributed by atoms with Crippen molar-refractivity contribution < 1.29 is 4.79 Å². The zero-order valence-corrected chi connectivity index (χ0v) is 14.0. The van der Waals surface area contributed by atoms with Crippen molar-refractivity contribution in [2.24, 2.45) is 0 Å². The monoisotopic (exact) mass is 340 g/mol. The molecule has 0 aromatic carbocycles. The third-order valence-corrected chi connectivity index (χ3v) is 5.41. The van der Waals surface area contributed by atoms with Gasteiger partial charge in [0.15, 0.2) is 4.34 Å². The summed E-state index contributed by atoms with van der Waals surface area (Å²) in [6.45, 7) is 6.72. The fourth-order valence-electron chi connectivity index (χ4n) is 1.42. The van der Waals surface area contributed by atoms with Gasteiger partial charge in [-0.2, -0.15) is 0 Å². The molecule has 0 aliphatic carbocycles. The first kappa shape index (κ1) is 16.0. The smallest absolute Gasteiger partial charge is 0.233 e. The highest BCUT2D eigenvalue weighted by Gasteiger charge is 2.16. The third-order valence-electron chi connectivity index (χ3n) is 2.47. The minimum atomic E-state index is -0.204. The molecule has 0 radical (unpaired) electrons. The van der Waals surface area contributed by atoms with E-state index >= 15 is 0 Å². The van der Waals surface area contributed by atoms with Crippen LogP contribution in [-0.2, 0) is 11.3 Å². The fourth-order valence-corrected chi connectivity index (χ4v) is 4.00. The summed E-state index contributed by atoms with van der Waals surface area (Å²) in [6, 6.07) is 3.98. The SMILES string of the molecule is C=CCNc1nnc(SC(C)C(=O)NCc2cccs2)s1. The average Bonchev–Trinajstić information content (AvgIpc) is 3.14. The van der Waals surface area contributed by atoms with Crippen LogP contribution in [0.15, 0.2) is 34.5 Å². The van der Waals surface area contributed by atoms with E-state index < -0.39 is 0 Å². The molecular weight excluding hydrogens is 324 g/mol. The Morgan fingerprint density at radius 1 is 1.57 bits per heavy atom. The van der Waals surface area contributed by atoms with Gasteiger partial charge in [-0.05, 0) is 18.4 Å². The van der Waals surface area contributed by atoms with Crippen molar-refractivity contribution in [1.29, 1.82) is 0 Å². The normalized spacial score (nSPS) is 11.9. The highest BCUT2D eigenvalue weighted by molar-refractivity contribution is 8.02. The van der Waals surface area contributed by atoms with E-state index in [2.05, 4.69) is 27.4 Å². The van der Waals surface area contributed by atoms with Gasteiger partial charge in [0.05, 0.1) is 11.8 Å². The first-order chi connectivity index (χ1) is 10.2. The van der Waals surface area contributed by atoms with E-state index in [0.717, 1.165) is 14.3 Å². The number of nitrogens with one attached hydrogen (secondary N) is 2. The lowest BCUT2D eigenvalue weighted by Crippen LogP contribution is -2.30. The molecule has 0 aliphatic rings. The molecule has 2 rings (SSSR count). The second-order valence-corrected chi connectivity index (χ2v) is 7.70. The van der Waals surface area contributed by atoms with E-state index in [1.807, 2.05) is 24.4 Å². The molecule has 2 heterocycles.